The van der Waals surface area contributed by atoms with Gasteiger partial charge >= 0.3 is 10.2 Å². The molecule has 1 aromatic rings. The zero-order valence-electron chi connectivity index (χ0n) is 12.9. The van der Waals surface area contributed by atoms with Gasteiger partial charge in [-0.2, -0.15) is 17.7 Å². The smallest absolute Gasteiger partial charge is 0.303 e. The molecule has 0 unspecified atom stereocenters. The molecule has 2 N–H and O–H groups in total. The zero-order valence-corrected chi connectivity index (χ0v) is 13.7. The molecule has 1 aromatic heterocycles. The van der Waals surface area contributed by atoms with Crippen LogP contribution in [0.2, 0.25) is 0 Å². The molecule has 8 nitrogen and oxygen atoms in total. The maximum absolute atomic E-state index is 12.1. The molecule has 0 aliphatic rings. The fourth-order valence-corrected chi connectivity index (χ4v) is 2.45. The summed E-state index contributed by atoms with van der Waals surface area (Å²) in [6.45, 7) is 5.79. The average molecular weight is 317 g/mol. The van der Waals surface area contributed by atoms with Crippen LogP contribution in [0.1, 0.15) is 19.0 Å². The summed E-state index contributed by atoms with van der Waals surface area (Å²) in [6, 6.07) is 1.62. The Morgan fingerprint density at radius 2 is 2.10 bits per heavy atom. The predicted molar refractivity (Wildman–Crippen MR) is 81.7 cm³/mol. The molecule has 0 bridgehead atoms. The van der Waals surface area contributed by atoms with Crippen LogP contribution in [-0.2, 0) is 10.2 Å². The summed E-state index contributed by atoms with van der Waals surface area (Å²) >= 11 is 0. The van der Waals surface area contributed by atoms with Crippen LogP contribution < -0.4 is 14.8 Å². The summed E-state index contributed by atoms with van der Waals surface area (Å²) in [5.41, 5.74) is 0.620. The van der Waals surface area contributed by atoms with Gasteiger partial charge in [0.1, 0.15) is 0 Å². The molecule has 0 aromatic carbocycles. The molecule has 0 saturated carbocycles. The highest BCUT2D eigenvalue weighted by atomic mass is 32.2. The van der Waals surface area contributed by atoms with Crippen molar-refractivity contribution in [1.29, 1.82) is 0 Å². The van der Waals surface area contributed by atoms with Crippen molar-refractivity contribution in [3.05, 3.63) is 11.8 Å². The Balaban J connectivity index is 2.68. The monoisotopic (exact) mass is 317 g/mol. The molecule has 0 atom stereocenters. The fraction of sp³-hybridized carbons (Fsp3) is 0.667. The van der Waals surface area contributed by atoms with Crippen LogP contribution in [0.3, 0.4) is 0 Å². The lowest BCUT2D eigenvalue weighted by atomic mass is 10.4. The van der Waals surface area contributed by atoms with Crippen LogP contribution in [0.4, 0.5) is 5.95 Å². The molecule has 0 aliphatic heterocycles. The van der Waals surface area contributed by atoms with Gasteiger partial charge in [-0.15, -0.1) is 0 Å². The van der Waals surface area contributed by atoms with Crippen LogP contribution >= 0.6 is 0 Å². The predicted octanol–water partition coefficient (Wildman–Crippen LogP) is 0.382. The van der Waals surface area contributed by atoms with E-state index in [4.69, 9.17) is 4.74 Å². The van der Waals surface area contributed by atoms with Crippen molar-refractivity contribution in [2.75, 3.05) is 38.5 Å². The molecule has 1 heterocycles. The highest BCUT2D eigenvalue weighted by molar-refractivity contribution is 7.90. The summed E-state index contributed by atoms with van der Waals surface area (Å²) in [5.74, 6) is 0.320. The molecule has 0 aliphatic carbocycles. The highest BCUT2D eigenvalue weighted by Gasteiger charge is 2.19. The zero-order chi connectivity index (χ0) is 15.9. The van der Waals surface area contributed by atoms with Crippen molar-refractivity contribution in [2.45, 2.75) is 20.3 Å². The number of rotatable bonds is 9. The molecule has 120 valence electrons. The van der Waals surface area contributed by atoms with E-state index in [0.717, 1.165) is 19.5 Å². The van der Waals surface area contributed by atoms with Crippen molar-refractivity contribution >= 4 is 16.2 Å². The molecular formula is C12H23N5O3S. The van der Waals surface area contributed by atoms with E-state index in [9.17, 15) is 8.42 Å². The lowest BCUT2D eigenvalue weighted by molar-refractivity contribution is 0.397. The van der Waals surface area contributed by atoms with Gasteiger partial charge in [0.15, 0.2) is 0 Å². The molecule has 1 rings (SSSR count). The lowest BCUT2D eigenvalue weighted by Crippen LogP contribution is -2.35. The topological polar surface area (TPSA) is 96.5 Å². The number of nitrogens with zero attached hydrogens (tertiary/aromatic N) is 3. The number of hydrogen-bond donors (Lipinski definition) is 2. The quantitative estimate of drug-likeness (QED) is 0.639. The Kier molecular flexibility index (Phi) is 6.79. The second-order valence-electron chi connectivity index (χ2n) is 4.51. The minimum atomic E-state index is -3.67. The number of anilines is 1. The van der Waals surface area contributed by atoms with E-state index in [2.05, 4.69) is 20.0 Å². The maximum Gasteiger partial charge on any atom is 0.303 e. The van der Waals surface area contributed by atoms with E-state index >= 15 is 0 Å². The Labute approximate surface area is 126 Å². The highest BCUT2D eigenvalue weighted by Crippen LogP contribution is 2.13. The van der Waals surface area contributed by atoms with Crippen molar-refractivity contribution < 1.29 is 13.2 Å². The van der Waals surface area contributed by atoms with Crippen molar-refractivity contribution in [2.24, 2.45) is 0 Å². The number of nitrogens with one attached hydrogen (secondary N) is 2. The number of methoxy groups -OCH3 is 1. The van der Waals surface area contributed by atoms with Crippen LogP contribution in [0.25, 0.3) is 0 Å². The van der Waals surface area contributed by atoms with Crippen molar-refractivity contribution in [3.8, 4) is 5.88 Å². The molecule has 0 fully saturated rings. The maximum atomic E-state index is 12.1. The van der Waals surface area contributed by atoms with Gasteiger partial charge in [-0.3, -0.25) is 0 Å². The third-order valence-corrected chi connectivity index (χ3v) is 4.19. The first-order valence-electron chi connectivity index (χ1n) is 6.73. The number of ether oxygens (including phenoxy) is 1. The van der Waals surface area contributed by atoms with Crippen LogP contribution in [0.15, 0.2) is 6.07 Å². The minimum Gasteiger partial charge on any atom is -0.481 e. The van der Waals surface area contributed by atoms with E-state index < -0.39 is 10.2 Å². The molecule has 0 radical (unpaired) electrons. The second-order valence-corrected chi connectivity index (χ2v) is 6.29. The Bertz CT molecular complexity index is 550. The number of aromatic nitrogens is 2. The second kappa shape index (κ2) is 8.11. The van der Waals surface area contributed by atoms with Crippen LogP contribution in [0.5, 0.6) is 5.88 Å². The third kappa shape index (κ3) is 5.82. The van der Waals surface area contributed by atoms with Crippen molar-refractivity contribution in [3.63, 3.8) is 0 Å². The van der Waals surface area contributed by atoms with Gasteiger partial charge in [0.25, 0.3) is 0 Å². The van der Waals surface area contributed by atoms with E-state index in [1.165, 1.54) is 18.5 Å². The fourth-order valence-electron chi connectivity index (χ4n) is 1.61. The summed E-state index contributed by atoms with van der Waals surface area (Å²) in [4.78, 5) is 8.01. The number of hydrogen-bond acceptors (Lipinski definition) is 6. The standard InChI is InChI=1S/C12H23N5O3S/c1-5-13-7-6-8-17(3)21(18,19)16-12-14-10(2)9-11(15-12)20-4/h9,13H,5-8H2,1-4H3,(H,14,15,16). The molecule has 0 amide bonds. The normalized spacial score (nSPS) is 11.7. The Hall–Kier alpha value is -1.45. The average Bonchev–Trinajstić information content (AvgIpc) is 2.42. The largest absolute Gasteiger partial charge is 0.481 e. The summed E-state index contributed by atoms with van der Waals surface area (Å²) in [7, 11) is -0.687. The van der Waals surface area contributed by atoms with E-state index in [1.54, 1.807) is 13.0 Å². The molecule has 9 heteroatoms. The minimum absolute atomic E-state index is 0.00498. The van der Waals surface area contributed by atoms with Gasteiger partial charge in [0, 0.05) is 25.4 Å². The Morgan fingerprint density at radius 1 is 1.38 bits per heavy atom. The van der Waals surface area contributed by atoms with Crippen LogP contribution in [-0.4, -0.2) is 56.5 Å². The van der Waals surface area contributed by atoms with Gasteiger partial charge in [0.2, 0.25) is 11.8 Å². The van der Waals surface area contributed by atoms with Gasteiger partial charge in [-0.05, 0) is 26.4 Å². The summed E-state index contributed by atoms with van der Waals surface area (Å²) in [5, 5.41) is 3.14. The first kappa shape index (κ1) is 17.6. The third-order valence-electron chi connectivity index (χ3n) is 2.75. The van der Waals surface area contributed by atoms with E-state index in [1.807, 2.05) is 6.92 Å². The van der Waals surface area contributed by atoms with E-state index in [-0.39, 0.29) is 5.95 Å². The lowest BCUT2D eigenvalue weighted by Gasteiger charge is -2.17. The molecule has 21 heavy (non-hydrogen) atoms. The van der Waals surface area contributed by atoms with Gasteiger partial charge in [0.05, 0.1) is 7.11 Å². The summed E-state index contributed by atoms with van der Waals surface area (Å²) < 4.78 is 32.9. The van der Waals surface area contributed by atoms with Gasteiger partial charge in [-0.1, -0.05) is 6.92 Å². The first-order valence-corrected chi connectivity index (χ1v) is 8.17. The molecule has 0 spiro atoms. The number of aryl methyl sites for hydroxylation is 1. The van der Waals surface area contributed by atoms with E-state index in [0.29, 0.717) is 18.1 Å². The van der Waals surface area contributed by atoms with Crippen LogP contribution in [0, 0.1) is 6.92 Å². The molecule has 0 saturated heterocycles. The SMILES string of the molecule is CCNCCCN(C)S(=O)(=O)Nc1nc(C)cc(OC)n1. The van der Waals surface area contributed by atoms with Gasteiger partial charge < -0.3 is 10.1 Å². The first-order chi connectivity index (χ1) is 9.89. The molecular weight excluding hydrogens is 294 g/mol. The Morgan fingerprint density at radius 3 is 2.71 bits per heavy atom. The summed E-state index contributed by atoms with van der Waals surface area (Å²) in [6.07, 6.45) is 0.725. The van der Waals surface area contributed by atoms with Crippen molar-refractivity contribution in [1.82, 2.24) is 19.6 Å². The van der Waals surface area contributed by atoms with Gasteiger partial charge in [-0.25, -0.2) is 9.71 Å².